The Labute approximate surface area is 187 Å². The van der Waals surface area contributed by atoms with E-state index in [-0.39, 0.29) is 23.9 Å². The number of nitrogens with one attached hydrogen (secondary N) is 2. The number of rotatable bonds is 6. The van der Waals surface area contributed by atoms with E-state index in [4.69, 9.17) is 4.98 Å². The van der Waals surface area contributed by atoms with Gasteiger partial charge in [0.2, 0.25) is 11.9 Å². The van der Waals surface area contributed by atoms with E-state index in [0.717, 1.165) is 55.8 Å². The predicted octanol–water partition coefficient (Wildman–Crippen LogP) is 2.26. The molecule has 2 unspecified atom stereocenters. The molecule has 2 aromatic rings. The van der Waals surface area contributed by atoms with Crippen molar-refractivity contribution in [2.24, 2.45) is 5.92 Å². The first kappa shape index (κ1) is 20.7. The van der Waals surface area contributed by atoms with Crippen molar-refractivity contribution in [3.05, 3.63) is 35.8 Å². The largest absolute Gasteiger partial charge is 0.352 e. The molecule has 1 saturated carbocycles. The Bertz CT molecular complexity index is 1020. The Hall–Kier alpha value is -3.23. The van der Waals surface area contributed by atoms with Crippen LogP contribution < -0.4 is 15.5 Å². The summed E-state index contributed by atoms with van der Waals surface area (Å²) < 4.78 is 0. The highest BCUT2D eigenvalue weighted by atomic mass is 16.2. The third kappa shape index (κ3) is 3.99. The van der Waals surface area contributed by atoms with E-state index >= 15 is 0 Å². The fourth-order valence-electron chi connectivity index (χ4n) is 4.83. The number of amides is 2. The quantitative estimate of drug-likeness (QED) is 0.717. The Morgan fingerprint density at radius 3 is 2.53 bits per heavy atom. The monoisotopic (exact) mass is 435 g/mol. The molecule has 5 rings (SSSR count). The highest BCUT2D eigenvalue weighted by Gasteiger charge is 2.46. The van der Waals surface area contributed by atoms with Gasteiger partial charge in [-0.2, -0.15) is 4.98 Å². The first-order valence-corrected chi connectivity index (χ1v) is 11.5. The van der Waals surface area contributed by atoms with E-state index in [0.29, 0.717) is 24.1 Å². The van der Waals surface area contributed by atoms with Crippen LogP contribution in [-0.4, -0.2) is 63.4 Å². The summed E-state index contributed by atoms with van der Waals surface area (Å²) in [6.45, 7) is 5.92. The fourth-order valence-corrected chi connectivity index (χ4v) is 4.83. The first-order chi connectivity index (χ1) is 15.5. The number of fused-ring (bicyclic) bond motifs is 2. The Morgan fingerprint density at radius 2 is 1.88 bits per heavy atom. The molecule has 2 aliphatic heterocycles. The Morgan fingerprint density at radius 1 is 1.12 bits per heavy atom. The maximum absolute atomic E-state index is 12.7. The van der Waals surface area contributed by atoms with E-state index in [1.54, 1.807) is 12.4 Å². The second-order valence-corrected chi connectivity index (χ2v) is 8.92. The molecule has 9 heteroatoms. The smallest absolute Gasteiger partial charge is 0.270 e. The summed E-state index contributed by atoms with van der Waals surface area (Å²) in [7, 11) is 0. The molecule has 0 radical (unpaired) electrons. The number of carbonyl (C=O) groups is 2. The normalized spacial score (nSPS) is 22.1. The van der Waals surface area contributed by atoms with Crippen molar-refractivity contribution in [3.8, 4) is 0 Å². The van der Waals surface area contributed by atoms with Crippen LogP contribution in [0, 0.1) is 12.8 Å². The molecule has 2 atom stereocenters. The average Bonchev–Trinajstić information content (AvgIpc) is 3.59. The summed E-state index contributed by atoms with van der Waals surface area (Å²) in [5.74, 6) is 1.81. The lowest BCUT2D eigenvalue weighted by Crippen LogP contribution is -2.56. The van der Waals surface area contributed by atoms with E-state index in [1.807, 2.05) is 26.0 Å². The standard InChI is InChI=1S/C23H29N7O2/c1-3-24-21(31)20-14(2)10-16(11-26-20)27-23-25-9-8-19(28-23)29-12-17-6-7-18(13-29)30(17)22(32)15-4-5-15/h8-11,15,17-18H,3-7,12-13H2,1-2H3,(H,24,31)(H,25,27,28). The molecular formula is C23H29N7O2. The van der Waals surface area contributed by atoms with E-state index < -0.39 is 0 Å². The summed E-state index contributed by atoms with van der Waals surface area (Å²) in [6.07, 6.45) is 7.61. The van der Waals surface area contributed by atoms with Gasteiger partial charge in [-0.1, -0.05) is 0 Å². The lowest BCUT2D eigenvalue weighted by atomic mass is 10.1. The van der Waals surface area contributed by atoms with Crippen LogP contribution in [0.4, 0.5) is 17.5 Å². The van der Waals surface area contributed by atoms with Gasteiger partial charge in [0.25, 0.3) is 5.91 Å². The van der Waals surface area contributed by atoms with Crippen LogP contribution in [0.5, 0.6) is 0 Å². The first-order valence-electron chi connectivity index (χ1n) is 11.5. The van der Waals surface area contributed by atoms with Gasteiger partial charge in [0.05, 0.1) is 11.9 Å². The minimum Gasteiger partial charge on any atom is -0.352 e. The zero-order valence-corrected chi connectivity index (χ0v) is 18.5. The second kappa shape index (κ2) is 8.37. The average molecular weight is 436 g/mol. The third-order valence-corrected chi connectivity index (χ3v) is 6.51. The van der Waals surface area contributed by atoms with Crippen molar-refractivity contribution in [2.75, 3.05) is 29.9 Å². The van der Waals surface area contributed by atoms with Crippen LogP contribution in [0.2, 0.25) is 0 Å². The highest BCUT2D eigenvalue weighted by Crippen LogP contribution is 2.38. The Balaban J connectivity index is 1.28. The minimum atomic E-state index is -0.177. The lowest BCUT2D eigenvalue weighted by molar-refractivity contribution is -0.135. The summed E-state index contributed by atoms with van der Waals surface area (Å²) in [5.41, 5.74) is 1.93. The zero-order valence-electron chi connectivity index (χ0n) is 18.5. The van der Waals surface area contributed by atoms with Gasteiger partial charge in [0.1, 0.15) is 11.5 Å². The summed E-state index contributed by atoms with van der Waals surface area (Å²) in [6, 6.07) is 4.35. The van der Waals surface area contributed by atoms with Crippen molar-refractivity contribution < 1.29 is 9.59 Å². The SMILES string of the molecule is CCNC(=O)c1ncc(Nc2nccc(N3CC4CCC(C3)N4C(=O)C3CC3)n2)cc1C. The second-order valence-electron chi connectivity index (χ2n) is 8.92. The fraction of sp³-hybridized carbons (Fsp3) is 0.522. The molecule has 2 amide bonds. The number of carbonyl (C=O) groups excluding carboxylic acids is 2. The summed E-state index contributed by atoms with van der Waals surface area (Å²) >= 11 is 0. The van der Waals surface area contributed by atoms with Crippen LogP contribution in [0.3, 0.4) is 0 Å². The molecule has 2 bridgehead atoms. The lowest BCUT2D eigenvalue weighted by Gasteiger charge is -2.41. The molecule has 9 nitrogen and oxygen atoms in total. The molecule has 2 saturated heterocycles. The minimum absolute atomic E-state index is 0.177. The van der Waals surface area contributed by atoms with E-state index in [1.165, 1.54) is 0 Å². The van der Waals surface area contributed by atoms with Gasteiger partial charge in [-0.15, -0.1) is 0 Å². The van der Waals surface area contributed by atoms with Gasteiger partial charge in [0.15, 0.2) is 0 Å². The van der Waals surface area contributed by atoms with Gasteiger partial charge in [-0.25, -0.2) is 9.97 Å². The van der Waals surface area contributed by atoms with Crippen LogP contribution in [-0.2, 0) is 4.79 Å². The van der Waals surface area contributed by atoms with Crippen molar-refractivity contribution >= 4 is 29.3 Å². The maximum Gasteiger partial charge on any atom is 0.270 e. The van der Waals surface area contributed by atoms with Crippen molar-refractivity contribution in [1.29, 1.82) is 0 Å². The molecule has 32 heavy (non-hydrogen) atoms. The van der Waals surface area contributed by atoms with Crippen LogP contribution in [0.1, 0.15) is 48.7 Å². The number of pyridine rings is 1. The number of piperazine rings is 1. The van der Waals surface area contributed by atoms with Crippen LogP contribution in [0.15, 0.2) is 24.5 Å². The predicted molar refractivity (Wildman–Crippen MR) is 121 cm³/mol. The molecule has 1 aliphatic carbocycles. The van der Waals surface area contributed by atoms with Crippen LogP contribution >= 0.6 is 0 Å². The number of hydrogen-bond donors (Lipinski definition) is 2. The third-order valence-electron chi connectivity index (χ3n) is 6.51. The van der Waals surface area contributed by atoms with Gasteiger partial charge >= 0.3 is 0 Å². The topological polar surface area (TPSA) is 103 Å². The van der Waals surface area contributed by atoms with Gasteiger partial charge in [-0.3, -0.25) is 9.59 Å². The van der Waals surface area contributed by atoms with E-state index in [9.17, 15) is 9.59 Å². The van der Waals surface area contributed by atoms with Gasteiger partial charge in [0, 0.05) is 43.8 Å². The van der Waals surface area contributed by atoms with E-state index in [2.05, 4.69) is 30.4 Å². The maximum atomic E-state index is 12.7. The van der Waals surface area contributed by atoms with Gasteiger partial charge in [-0.05, 0) is 57.2 Å². The van der Waals surface area contributed by atoms with Crippen LogP contribution in [0.25, 0.3) is 0 Å². The molecule has 4 heterocycles. The molecule has 3 fully saturated rings. The molecular weight excluding hydrogens is 406 g/mol. The molecule has 2 aromatic heterocycles. The summed E-state index contributed by atoms with van der Waals surface area (Å²) in [4.78, 5) is 42.6. The van der Waals surface area contributed by atoms with Crippen molar-refractivity contribution in [1.82, 2.24) is 25.2 Å². The number of nitrogens with zero attached hydrogens (tertiary/aromatic N) is 5. The van der Waals surface area contributed by atoms with Gasteiger partial charge < -0.3 is 20.4 Å². The molecule has 0 spiro atoms. The number of anilines is 3. The molecule has 2 N–H and O–H groups in total. The Kier molecular flexibility index (Phi) is 5.40. The zero-order chi connectivity index (χ0) is 22.2. The molecule has 3 aliphatic rings. The van der Waals surface area contributed by atoms with Crippen molar-refractivity contribution in [3.63, 3.8) is 0 Å². The highest BCUT2D eigenvalue weighted by molar-refractivity contribution is 5.93. The number of aromatic nitrogens is 3. The number of aryl methyl sites for hydroxylation is 1. The molecule has 0 aromatic carbocycles. The number of hydrogen-bond acceptors (Lipinski definition) is 7. The van der Waals surface area contributed by atoms with Crippen molar-refractivity contribution in [2.45, 2.75) is 51.6 Å². The molecule has 168 valence electrons. The summed E-state index contributed by atoms with van der Waals surface area (Å²) in [5, 5.41) is 5.97.